The molecule has 1 saturated heterocycles. The van der Waals surface area contributed by atoms with E-state index in [2.05, 4.69) is 4.90 Å². The lowest BCUT2D eigenvalue weighted by molar-refractivity contribution is -0.385. The van der Waals surface area contributed by atoms with E-state index in [4.69, 9.17) is 9.47 Å². The van der Waals surface area contributed by atoms with E-state index in [9.17, 15) is 10.1 Å². The lowest BCUT2D eigenvalue weighted by Gasteiger charge is -2.28. The molecule has 0 radical (unpaired) electrons. The number of nitrogens with zero attached hydrogens (tertiary/aromatic N) is 2. The molecule has 0 amide bonds. The molecule has 1 aromatic carbocycles. The van der Waals surface area contributed by atoms with E-state index in [1.165, 1.54) is 7.11 Å². The van der Waals surface area contributed by atoms with Gasteiger partial charge in [0.15, 0.2) is 5.75 Å². The zero-order valence-electron chi connectivity index (χ0n) is 9.59. The van der Waals surface area contributed by atoms with Gasteiger partial charge in [-0.25, -0.2) is 0 Å². The maximum absolute atomic E-state index is 10.9. The van der Waals surface area contributed by atoms with Gasteiger partial charge in [0.05, 0.1) is 25.2 Å². The van der Waals surface area contributed by atoms with Crippen LogP contribution in [0, 0.1) is 10.1 Å². The van der Waals surface area contributed by atoms with Crippen molar-refractivity contribution in [3.05, 3.63) is 28.3 Å². The third kappa shape index (κ3) is 2.47. The average molecular weight is 238 g/mol. The molecule has 0 N–H and O–H groups in total. The molecule has 17 heavy (non-hydrogen) atoms. The van der Waals surface area contributed by atoms with Crippen LogP contribution >= 0.6 is 0 Å². The standard InChI is InChI=1S/C11H14N2O4/c1-16-11-3-2-9(8-10(11)13(14)15)12-4-6-17-7-5-12/h2-3,8H,4-7H2,1H3. The first-order chi connectivity index (χ1) is 8.22. The molecule has 1 aliphatic heterocycles. The van der Waals surface area contributed by atoms with E-state index in [-0.39, 0.29) is 11.4 Å². The number of morpholine rings is 1. The van der Waals surface area contributed by atoms with Crippen LogP contribution in [0.2, 0.25) is 0 Å². The first kappa shape index (κ1) is 11.7. The van der Waals surface area contributed by atoms with Crippen LogP contribution in [-0.4, -0.2) is 38.3 Å². The molecule has 6 heteroatoms. The van der Waals surface area contributed by atoms with Crippen molar-refractivity contribution in [2.24, 2.45) is 0 Å². The Bertz CT molecular complexity index is 416. The SMILES string of the molecule is COc1ccc(N2CCOCC2)cc1[N+](=O)[O-]. The second-order valence-corrected chi connectivity index (χ2v) is 3.71. The monoisotopic (exact) mass is 238 g/mol. The molecule has 92 valence electrons. The van der Waals surface area contributed by atoms with Gasteiger partial charge in [-0.05, 0) is 12.1 Å². The van der Waals surface area contributed by atoms with Crippen LogP contribution in [0.5, 0.6) is 5.75 Å². The van der Waals surface area contributed by atoms with Crippen LogP contribution in [0.4, 0.5) is 11.4 Å². The van der Waals surface area contributed by atoms with Crippen molar-refractivity contribution >= 4 is 11.4 Å². The van der Waals surface area contributed by atoms with Gasteiger partial charge in [-0.1, -0.05) is 0 Å². The second-order valence-electron chi connectivity index (χ2n) is 3.71. The number of methoxy groups -OCH3 is 1. The molecule has 0 saturated carbocycles. The minimum atomic E-state index is -0.428. The molecule has 1 fully saturated rings. The average Bonchev–Trinajstić information content (AvgIpc) is 2.39. The molecule has 2 rings (SSSR count). The molecule has 1 aliphatic rings. The zero-order chi connectivity index (χ0) is 12.3. The van der Waals surface area contributed by atoms with Crippen molar-refractivity contribution in [2.45, 2.75) is 0 Å². The molecular weight excluding hydrogens is 224 g/mol. The van der Waals surface area contributed by atoms with Crippen LogP contribution < -0.4 is 9.64 Å². The number of hydrogen-bond donors (Lipinski definition) is 0. The Morgan fingerprint density at radius 2 is 2.12 bits per heavy atom. The highest BCUT2D eigenvalue weighted by Gasteiger charge is 2.18. The molecule has 1 aromatic rings. The molecule has 0 spiro atoms. The van der Waals surface area contributed by atoms with Crippen LogP contribution in [-0.2, 0) is 4.74 Å². The second kappa shape index (κ2) is 5.01. The van der Waals surface area contributed by atoms with Gasteiger partial charge in [0, 0.05) is 24.8 Å². The topological polar surface area (TPSA) is 64.8 Å². The molecule has 0 aromatic heterocycles. The van der Waals surface area contributed by atoms with Gasteiger partial charge in [0.2, 0.25) is 0 Å². The Hall–Kier alpha value is -1.82. The van der Waals surface area contributed by atoms with E-state index >= 15 is 0 Å². The summed E-state index contributed by atoms with van der Waals surface area (Å²) in [6.45, 7) is 2.81. The Kier molecular flexibility index (Phi) is 3.43. The van der Waals surface area contributed by atoms with Crippen LogP contribution in [0.1, 0.15) is 0 Å². The van der Waals surface area contributed by atoms with Gasteiger partial charge in [0.1, 0.15) is 0 Å². The first-order valence-corrected chi connectivity index (χ1v) is 5.37. The molecular formula is C11H14N2O4. The Morgan fingerprint density at radius 3 is 2.71 bits per heavy atom. The molecule has 1 heterocycles. The number of rotatable bonds is 3. The minimum Gasteiger partial charge on any atom is -0.490 e. The summed E-state index contributed by atoms with van der Waals surface area (Å²) < 4.78 is 10.2. The Labute approximate surface area is 98.9 Å². The third-order valence-corrected chi connectivity index (χ3v) is 2.74. The molecule has 0 atom stereocenters. The third-order valence-electron chi connectivity index (χ3n) is 2.74. The summed E-state index contributed by atoms with van der Waals surface area (Å²) in [6.07, 6.45) is 0. The summed E-state index contributed by atoms with van der Waals surface area (Å²) in [4.78, 5) is 12.5. The number of nitro benzene ring substituents is 1. The largest absolute Gasteiger partial charge is 0.490 e. The Balaban J connectivity index is 2.29. The van der Waals surface area contributed by atoms with Crippen LogP contribution in [0.15, 0.2) is 18.2 Å². The predicted molar refractivity (Wildman–Crippen MR) is 62.7 cm³/mol. The van der Waals surface area contributed by atoms with Gasteiger partial charge < -0.3 is 14.4 Å². The van der Waals surface area contributed by atoms with Gasteiger partial charge in [-0.2, -0.15) is 0 Å². The molecule has 0 unspecified atom stereocenters. The summed E-state index contributed by atoms with van der Waals surface area (Å²) in [7, 11) is 1.43. The summed E-state index contributed by atoms with van der Waals surface area (Å²) in [5, 5.41) is 10.9. The van der Waals surface area contributed by atoms with Crippen LogP contribution in [0.25, 0.3) is 0 Å². The number of ether oxygens (including phenoxy) is 2. The Morgan fingerprint density at radius 1 is 1.41 bits per heavy atom. The highest BCUT2D eigenvalue weighted by atomic mass is 16.6. The van der Waals surface area contributed by atoms with Crippen molar-refractivity contribution in [1.82, 2.24) is 0 Å². The maximum atomic E-state index is 10.9. The van der Waals surface area contributed by atoms with Crippen molar-refractivity contribution < 1.29 is 14.4 Å². The van der Waals surface area contributed by atoms with E-state index in [0.29, 0.717) is 13.2 Å². The number of hydrogen-bond acceptors (Lipinski definition) is 5. The lowest BCUT2D eigenvalue weighted by atomic mass is 10.2. The molecule has 0 aliphatic carbocycles. The maximum Gasteiger partial charge on any atom is 0.312 e. The van der Waals surface area contributed by atoms with Gasteiger partial charge in [-0.3, -0.25) is 10.1 Å². The summed E-state index contributed by atoms with van der Waals surface area (Å²) in [5.41, 5.74) is 0.831. The highest BCUT2D eigenvalue weighted by Crippen LogP contribution is 2.31. The predicted octanol–water partition coefficient (Wildman–Crippen LogP) is 1.44. The van der Waals surface area contributed by atoms with Crippen molar-refractivity contribution in [3.63, 3.8) is 0 Å². The quantitative estimate of drug-likeness (QED) is 0.589. The summed E-state index contributed by atoms with van der Waals surface area (Å²) >= 11 is 0. The van der Waals surface area contributed by atoms with E-state index < -0.39 is 4.92 Å². The number of anilines is 1. The molecule has 0 bridgehead atoms. The van der Waals surface area contributed by atoms with Gasteiger partial charge >= 0.3 is 5.69 Å². The summed E-state index contributed by atoms with van der Waals surface area (Å²) in [6, 6.07) is 5.00. The lowest BCUT2D eigenvalue weighted by Crippen LogP contribution is -2.36. The van der Waals surface area contributed by atoms with Crippen LogP contribution in [0.3, 0.4) is 0 Å². The van der Waals surface area contributed by atoms with Gasteiger partial charge in [0.25, 0.3) is 0 Å². The van der Waals surface area contributed by atoms with Crippen molar-refractivity contribution in [2.75, 3.05) is 38.3 Å². The smallest absolute Gasteiger partial charge is 0.312 e. The first-order valence-electron chi connectivity index (χ1n) is 5.37. The van der Waals surface area contributed by atoms with Crippen molar-refractivity contribution in [3.8, 4) is 5.75 Å². The van der Waals surface area contributed by atoms with E-state index in [1.807, 2.05) is 6.07 Å². The fourth-order valence-electron chi connectivity index (χ4n) is 1.84. The minimum absolute atomic E-state index is 0.00325. The number of nitro groups is 1. The fraction of sp³-hybridized carbons (Fsp3) is 0.455. The van der Waals surface area contributed by atoms with E-state index in [0.717, 1.165) is 18.8 Å². The fourth-order valence-corrected chi connectivity index (χ4v) is 1.84. The normalized spacial score (nSPS) is 15.7. The van der Waals surface area contributed by atoms with E-state index in [1.54, 1.807) is 12.1 Å². The highest BCUT2D eigenvalue weighted by molar-refractivity contribution is 5.59. The number of benzene rings is 1. The van der Waals surface area contributed by atoms with Gasteiger partial charge in [-0.15, -0.1) is 0 Å². The zero-order valence-corrected chi connectivity index (χ0v) is 9.59. The van der Waals surface area contributed by atoms with Crippen molar-refractivity contribution in [1.29, 1.82) is 0 Å². The summed E-state index contributed by atoms with van der Waals surface area (Å²) in [5.74, 6) is 0.284. The molecule has 6 nitrogen and oxygen atoms in total.